The molecule has 0 spiro atoms. The van der Waals surface area contributed by atoms with Crippen molar-refractivity contribution in [3.8, 4) is 0 Å². The van der Waals surface area contributed by atoms with Gasteiger partial charge in [-0.05, 0) is 18.6 Å². The Balaban J connectivity index is 0.00000144. The summed E-state index contributed by atoms with van der Waals surface area (Å²) in [4.78, 5) is 10.4. The zero-order valence-electron chi connectivity index (χ0n) is 7.17. The third-order valence-corrected chi connectivity index (χ3v) is 1.55. The van der Waals surface area contributed by atoms with Crippen LogP contribution in [0.15, 0.2) is 24.8 Å². The molecule has 1 aromatic carbocycles. The molecule has 0 saturated heterocycles. The Bertz CT molecular complexity index is 336. The fourth-order valence-corrected chi connectivity index (χ4v) is 1.04. The first-order chi connectivity index (χ1) is 5.66. The second-order valence-electron chi connectivity index (χ2n) is 2.54. The van der Waals surface area contributed by atoms with Crippen molar-refractivity contribution < 1.29 is 15.0 Å². The molecule has 0 saturated carbocycles. The summed E-state index contributed by atoms with van der Waals surface area (Å²) in [6.07, 6.45) is 0. The first kappa shape index (κ1) is 11.4. The number of hydrogen-bond acceptors (Lipinski definition) is 2. The SMILES string of the molecule is C=C(C)c1c(F)cccc1[NH+]=O.[OH-]. The van der Waals surface area contributed by atoms with Gasteiger partial charge in [0, 0.05) is 16.2 Å². The van der Waals surface area contributed by atoms with E-state index in [1.54, 1.807) is 12.1 Å². The molecule has 1 aromatic rings. The molecule has 0 aromatic heterocycles. The lowest BCUT2D eigenvalue weighted by molar-refractivity contribution is -0.379. The average Bonchev–Trinajstić information content (AvgIpc) is 2.03. The summed E-state index contributed by atoms with van der Waals surface area (Å²) in [5.41, 5.74) is 1.02. The molecule has 2 N–H and O–H groups in total. The summed E-state index contributed by atoms with van der Waals surface area (Å²) >= 11 is 0. The number of benzene rings is 1. The Morgan fingerprint density at radius 3 is 2.54 bits per heavy atom. The molecule has 13 heavy (non-hydrogen) atoms. The molecular formula is C9H10FNO2. The van der Waals surface area contributed by atoms with Gasteiger partial charge in [-0.25, -0.2) is 4.39 Å². The summed E-state index contributed by atoms with van der Waals surface area (Å²) in [7, 11) is 0. The Hall–Kier alpha value is -1.55. The number of hydrogen-bond donors (Lipinski definition) is 1. The van der Waals surface area contributed by atoms with Crippen molar-refractivity contribution in [2.24, 2.45) is 0 Å². The van der Waals surface area contributed by atoms with Gasteiger partial charge in [-0.3, -0.25) is 0 Å². The lowest BCUT2D eigenvalue weighted by atomic mass is 10.1. The molecule has 4 heteroatoms. The number of halogens is 1. The Morgan fingerprint density at radius 2 is 2.15 bits per heavy atom. The van der Waals surface area contributed by atoms with E-state index in [2.05, 4.69) is 6.58 Å². The van der Waals surface area contributed by atoms with E-state index in [9.17, 15) is 9.30 Å². The van der Waals surface area contributed by atoms with Crippen LogP contribution in [0.4, 0.5) is 10.1 Å². The van der Waals surface area contributed by atoms with E-state index in [-0.39, 0.29) is 16.7 Å². The van der Waals surface area contributed by atoms with Gasteiger partial charge in [-0.15, -0.1) is 0 Å². The molecule has 0 atom stereocenters. The number of allylic oxidation sites excluding steroid dienone is 1. The monoisotopic (exact) mass is 183 g/mol. The van der Waals surface area contributed by atoms with Crippen LogP contribution in [0.3, 0.4) is 0 Å². The Morgan fingerprint density at radius 1 is 1.54 bits per heavy atom. The summed E-state index contributed by atoms with van der Waals surface area (Å²) in [5.74, 6) is -0.427. The van der Waals surface area contributed by atoms with E-state index in [0.717, 1.165) is 0 Å². The van der Waals surface area contributed by atoms with Gasteiger partial charge in [0.2, 0.25) is 0 Å². The Kier molecular flexibility index (Phi) is 3.94. The van der Waals surface area contributed by atoms with Crippen molar-refractivity contribution in [2.75, 3.05) is 0 Å². The number of rotatable bonds is 2. The minimum atomic E-state index is -0.427. The highest BCUT2D eigenvalue weighted by Crippen LogP contribution is 2.21. The predicted octanol–water partition coefficient (Wildman–Crippen LogP) is 1.16. The summed E-state index contributed by atoms with van der Waals surface area (Å²) in [5, 5.41) is 1.67. The molecule has 3 nitrogen and oxygen atoms in total. The average molecular weight is 183 g/mol. The van der Waals surface area contributed by atoms with Crippen molar-refractivity contribution >= 4 is 11.3 Å². The van der Waals surface area contributed by atoms with Crippen LogP contribution in [0.1, 0.15) is 12.5 Å². The summed E-state index contributed by atoms with van der Waals surface area (Å²) in [6, 6.07) is 4.28. The first-order valence-electron chi connectivity index (χ1n) is 3.49. The van der Waals surface area contributed by atoms with Crippen molar-refractivity contribution in [3.63, 3.8) is 0 Å². The Labute approximate surface area is 75.2 Å². The molecule has 0 aliphatic carbocycles. The second-order valence-corrected chi connectivity index (χ2v) is 2.54. The summed E-state index contributed by atoms with van der Waals surface area (Å²) < 4.78 is 13.0. The van der Waals surface area contributed by atoms with Gasteiger partial charge in [-0.2, -0.15) is 0 Å². The van der Waals surface area contributed by atoms with Gasteiger partial charge in [0.1, 0.15) is 5.82 Å². The highest BCUT2D eigenvalue weighted by molar-refractivity contribution is 5.69. The van der Waals surface area contributed by atoms with Crippen molar-refractivity contribution in [1.29, 1.82) is 0 Å². The molecule has 0 unspecified atom stereocenters. The van der Waals surface area contributed by atoms with E-state index >= 15 is 0 Å². The molecule has 0 fully saturated rings. The molecule has 0 aliphatic heterocycles. The topological polar surface area (TPSA) is 61.0 Å². The molecule has 70 valence electrons. The highest BCUT2D eigenvalue weighted by atomic mass is 19.1. The minimum absolute atomic E-state index is 0. The number of nitroso groups, excluding NO2 is 1. The van der Waals surface area contributed by atoms with E-state index < -0.39 is 5.82 Å². The van der Waals surface area contributed by atoms with Crippen LogP contribution in [0.2, 0.25) is 0 Å². The maximum Gasteiger partial charge on any atom is 0.263 e. The van der Waals surface area contributed by atoms with Crippen molar-refractivity contribution in [2.45, 2.75) is 6.92 Å². The summed E-state index contributed by atoms with van der Waals surface area (Å²) in [6.45, 7) is 5.23. The third kappa shape index (κ3) is 2.19. The van der Waals surface area contributed by atoms with E-state index in [1.807, 2.05) is 0 Å². The lowest BCUT2D eigenvalue weighted by Crippen LogP contribution is -2.56. The van der Waals surface area contributed by atoms with E-state index in [1.165, 1.54) is 18.2 Å². The lowest BCUT2D eigenvalue weighted by Gasteiger charge is -1.98. The van der Waals surface area contributed by atoms with Gasteiger partial charge in [0.05, 0.1) is 5.56 Å². The quantitative estimate of drug-likeness (QED) is 0.747. The van der Waals surface area contributed by atoms with E-state index in [0.29, 0.717) is 5.57 Å². The third-order valence-electron chi connectivity index (χ3n) is 1.55. The van der Waals surface area contributed by atoms with Crippen LogP contribution in [0.5, 0.6) is 0 Å². The highest BCUT2D eigenvalue weighted by Gasteiger charge is 2.13. The van der Waals surface area contributed by atoms with Gasteiger partial charge in [-0.1, -0.05) is 12.6 Å². The van der Waals surface area contributed by atoms with Crippen LogP contribution in [0.25, 0.3) is 5.57 Å². The molecule has 1 rings (SSSR count). The normalized spacial score (nSPS) is 8.77. The fraction of sp³-hybridized carbons (Fsp3) is 0.111. The smallest absolute Gasteiger partial charge is 0.263 e. The van der Waals surface area contributed by atoms with Crippen LogP contribution in [-0.4, -0.2) is 5.48 Å². The molecule has 0 amide bonds. The van der Waals surface area contributed by atoms with Crippen LogP contribution in [-0.2, 0) is 0 Å². The molecule has 0 aliphatic rings. The fourth-order valence-electron chi connectivity index (χ4n) is 1.04. The zero-order valence-corrected chi connectivity index (χ0v) is 7.17. The standard InChI is InChI=1S/C9H8FNO.H2O/c1-6(2)9-7(10)4-3-5-8(9)11-12;/h3-5H,1H2,2H3;1H2. The molecular weight excluding hydrogens is 173 g/mol. The van der Waals surface area contributed by atoms with Gasteiger partial charge in [0.15, 0.2) is 0 Å². The maximum atomic E-state index is 13.0. The zero-order chi connectivity index (χ0) is 9.14. The minimum Gasteiger partial charge on any atom is -0.870 e. The first-order valence-corrected chi connectivity index (χ1v) is 3.49. The van der Waals surface area contributed by atoms with Crippen LogP contribution < -0.4 is 5.18 Å². The molecule has 0 radical (unpaired) electrons. The largest absolute Gasteiger partial charge is 0.870 e. The van der Waals surface area contributed by atoms with Gasteiger partial charge < -0.3 is 5.48 Å². The van der Waals surface area contributed by atoms with Gasteiger partial charge in [0.25, 0.3) is 5.69 Å². The van der Waals surface area contributed by atoms with E-state index in [4.69, 9.17) is 0 Å². The van der Waals surface area contributed by atoms with Crippen molar-refractivity contribution in [1.82, 2.24) is 0 Å². The van der Waals surface area contributed by atoms with Crippen molar-refractivity contribution in [3.05, 3.63) is 41.1 Å². The molecule has 0 bridgehead atoms. The maximum absolute atomic E-state index is 13.0. The number of nitrogens with one attached hydrogen (secondary N) is 1. The predicted molar refractivity (Wildman–Crippen MR) is 47.0 cm³/mol. The van der Waals surface area contributed by atoms with Crippen LogP contribution in [0, 0.1) is 10.7 Å². The second kappa shape index (κ2) is 4.47. The molecule has 0 heterocycles. The van der Waals surface area contributed by atoms with Gasteiger partial charge >= 0.3 is 0 Å². The van der Waals surface area contributed by atoms with Crippen LogP contribution >= 0.6 is 0 Å².